The van der Waals surface area contributed by atoms with Crippen molar-refractivity contribution in [1.82, 2.24) is 0 Å². The molecule has 0 amide bonds. The van der Waals surface area contributed by atoms with Crippen LogP contribution in [-0.2, 0) is 4.79 Å². The maximum absolute atomic E-state index is 9.70. The number of rotatable bonds is 1. The van der Waals surface area contributed by atoms with Crippen LogP contribution in [0.15, 0.2) is 0 Å². The van der Waals surface area contributed by atoms with Gasteiger partial charge >= 0.3 is 5.97 Å². The summed E-state index contributed by atoms with van der Waals surface area (Å²) in [6, 6.07) is 0. The van der Waals surface area contributed by atoms with Gasteiger partial charge in [-0.15, -0.1) is 23.5 Å². The molecule has 12 heavy (non-hydrogen) atoms. The zero-order chi connectivity index (χ0) is 9.56. The third-order valence-electron chi connectivity index (χ3n) is 1.02. The van der Waals surface area contributed by atoms with Crippen LogP contribution in [0.25, 0.3) is 0 Å². The lowest BCUT2D eigenvalue weighted by Crippen LogP contribution is -2.03. The number of hydrogen-bond donors (Lipinski definition) is 1. The Morgan fingerprint density at radius 2 is 1.83 bits per heavy atom. The molecular weight excluding hydrogens is 212 g/mol. The van der Waals surface area contributed by atoms with Crippen LogP contribution in [0, 0.1) is 5.92 Å². The smallest absolute Gasteiger partial charge is 0.305 e. The molecule has 2 nitrogen and oxygen atoms in total. The number of carbonyl (C=O) groups is 1. The normalized spacial score (nSPS) is 15.8. The summed E-state index contributed by atoms with van der Waals surface area (Å²) in [5.74, 6) is 1.48. The van der Waals surface area contributed by atoms with Crippen LogP contribution in [0.2, 0.25) is 0 Å². The summed E-state index contributed by atoms with van der Waals surface area (Å²) in [7, 11) is 0. The monoisotopic (exact) mass is 224 g/mol. The molecule has 1 aliphatic heterocycles. The van der Waals surface area contributed by atoms with Gasteiger partial charge in [0, 0.05) is 11.5 Å². The van der Waals surface area contributed by atoms with Crippen LogP contribution in [0.5, 0.6) is 0 Å². The molecule has 0 saturated carbocycles. The van der Waals surface area contributed by atoms with Crippen molar-refractivity contribution in [1.29, 1.82) is 0 Å². The Hall–Kier alpha value is 0.260. The average Bonchev–Trinajstić information content (AvgIpc) is 2.40. The van der Waals surface area contributed by atoms with Gasteiger partial charge in [-0.2, -0.15) is 0 Å². The molecule has 1 heterocycles. The maximum atomic E-state index is 9.70. The number of hydrogen-bond acceptors (Lipinski definition) is 4. The van der Waals surface area contributed by atoms with E-state index in [0.29, 0.717) is 0 Å². The molecule has 1 fully saturated rings. The molecule has 0 radical (unpaired) electrons. The highest BCUT2D eigenvalue weighted by molar-refractivity contribution is 8.49. The van der Waals surface area contributed by atoms with Crippen LogP contribution in [0.4, 0.5) is 0 Å². The lowest BCUT2D eigenvalue weighted by molar-refractivity contribution is -0.140. The van der Waals surface area contributed by atoms with Crippen LogP contribution >= 0.6 is 35.7 Å². The largest absolute Gasteiger partial charge is 0.481 e. The summed E-state index contributed by atoms with van der Waals surface area (Å²) in [6.07, 6.45) is 0. The molecule has 1 rings (SSSR count). The molecule has 0 aromatic carbocycles. The molecule has 0 unspecified atom stereocenters. The molecule has 5 heteroatoms. The van der Waals surface area contributed by atoms with Gasteiger partial charge in [-0.25, -0.2) is 0 Å². The Balaban J connectivity index is 0.000000202. The quantitative estimate of drug-likeness (QED) is 0.693. The fraction of sp³-hybridized carbons (Fsp3) is 0.714. The highest BCUT2D eigenvalue weighted by atomic mass is 32.2. The van der Waals surface area contributed by atoms with Gasteiger partial charge in [-0.05, 0) is 0 Å². The third kappa shape index (κ3) is 6.94. The van der Waals surface area contributed by atoms with Crippen LogP contribution in [0.3, 0.4) is 0 Å². The molecule has 1 N–H and O–H groups in total. The predicted octanol–water partition coefficient (Wildman–Crippen LogP) is 2.48. The topological polar surface area (TPSA) is 37.3 Å². The van der Waals surface area contributed by atoms with Crippen molar-refractivity contribution >= 4 is 45.2 Å². The molecule has 0 atom stereocenters. The summed E-state index contributed by atoms with van der Waals surface area (Å²) in [5, 5.41) is 7.99. The van der Waals surface area contributed by atoms with Crippen molar-refractivity contribution in [3.63, 3.8) is 0 Å². The lowest BCUT2D eigenvalue weighted by Gasteiger charge is -1.89. The van der Waals surface area contributed by atoms with E-state index in [-0.39, 0.29) is 5.92 Å². The Labute approximate surface area is 86.5 Å². The maximum Gasteiger partial charge on any atom is 0.305 e. The second-order valence-electron chi connectivity index (χ2n) is 2.44. The van der Waals surface area contributed by atoms with Crippen LogP contribution in [0.1, 0.15) is 13.8 Å². The molecule has 0 bridgehead atoms. The molecule has 0 spiro atoms. The molecule has 0 aromatic rings. The number of carboxylic acids is 1. The Morgan fingerprint density at radius 1 is 1.50 bits per heavy atom. The van der Waals surface area contributed by atoms with E-state index in [0.717, 1.165) is 3.53 Å². The Bertz CT molecular complexity index is 158. The summed E-state index contributed by atoms with van der Waals surface area (Å²) in [4.78, 5) is 9.70. The zero-order valence-corrected chi connectivity index (χ0v) is 9.52. The van der Waals surface area contributed by atoms with Crippen LogP contribution in [-0.4, -0.2) is 26.1 Å². The first-order chi connectivity index (χ1) is 5.54. The van der Waals surface area contributed by atoms with Crippen LogP contribution < -0.4 is 0 Å². The summed E-state index contributed by atoms with van der Waals surface area (Å²) < 4.78 is 1.12. The van der Waals surface area contributed by atoms with Gasteiger partial charge in [0.2, 0.25) is 0 Å². The minimum absolute atomic E-state index is 0.231. The van der Waals surface area contributed by atoms with E-state index in [1.54, 1.807) is 37.4 Å². The summed E-state index contributed by atoms with van der Waals surface area (Å²) >= 11 is 8.43. The zero-order valence-electron chi connectivity index (χ0n) is 7.07. The first kappa shape index (κ1) is 12.3. The second kappa shape index (κ2) is 6.74. The van der Waals surface area contributed by atoms with Gasteiger partial charge in [0.05, 0.1) is 5.92 Å². The standard InChI is InChI=1S/C4H8O2.C3H4S3/c1-3(2)4(5)6;4-3-5-1-2-6-3/h3H,1-2H3,(H,5,6);1-2H2. The van der Waals surface area contributed by atoms with Crippen molar-refractivity contribution in [2.45, 2.75) is 13.8 Å². The van der Waals surface area contributed by atoms with Gasteiger partial charge in [-0.1, -0.05) is 26.1 Å². The van der Waals surface area contributed by atoms with E-state index >= 15 is 0 Å². The third-order valence-corrected chi connectivity index (χ3v) is 3.98. The number of carboxylic acid groups (broad SMARTS) is 1. The van der Waals surface area contributed by atoms with Crippen molar-refractivity contribution in [2.24, 2.45) is 5.92 Å². The lowest BCUT2D eigenvalue weighted by atomic mass is 10.2. The SMILES string of the molecule is CC(C)C(=O)O.S=C1SCCS1. The number of aliphatic carboxylic acids is 1. The van der Waals surface area contributed by atoms with E-state index in [9.17, 15) is 4.79 Å². The van der Waals surface area contributed by atoms with Gasteiger partial charge in [-0.3, -0.25) is 4.79 Å². The molecule has 0 aromatic heterocycles. The first-order valence-corrected chi connectivity index (χ1v) is 5.94. The predicted molar refractivity (Wildman–Crippen MR) is 60.0 cm³/mol. The van der Waals surface area contributed by atoms with Gasteiger partial charge < -0.3 is 5.11 Å². The molecular formula is C7H12O2S3. The van der Waals surface area contributed by atoms with E-state index in [1.165, 1.54) is 11.5 Å². The second-order valence-corrected chi connectivity index (χ2v) is 5.83. The summed E-state index contributed by atoms with van der Waals surface area (Å²) in [6.45, 7) is 3.28. The molecule has 70 valence electrons. The van der Waals surface area contributed by atoms with Crippen molar-refractivity contribution in [2.75, 3.05) is 11.5 Å². The number of thiocarbonyl (C=S) groups is 1. The Morgan fingerprint density at radius 3 is 1.92 bits per heavy atom. The highest BCUT2D eigenvalue weighted by Gasteiger charge is 2.04. The van der Waals surface area contributed by atoms with Crippen molar-refractivity contribution < 1.29 is 9.90 Å². The van der Waals surface area contributed by atoms with Gasteiger partial charge in [0.1, 0.15) is 3.53 Å². The molecule has 1 saturated heterocycles. The fourth-order valence-corrected chi connectivity index (χ4v) is 2.62. The van der Waals surface area contributed by atoms with E-state index in [2.05, 4.69) is 0 Å². The molecule has 1 aliphatic rings. The van der Waals surface area contributed by atoms with E-state index in [1.807, 2.05) is 0 Å². The number of thioether (sulfide) groups is 2. The molecule has 0 aliphatic carbocycles. The van der Waals surface area contributed by atoms with Gasteiger partial charge in [0.15, 0.2) is 0 Å². The van der Waals surface area contributed by atoms with Gasteiger partial charge in [0.25, 0.3) is 0 Å². The summed E-state index contributed by atoms with van der Waals surface area (Å²) in [5.41, 5.74) is 0. The minimum atomic E-state index is -0.741. The van der Waals surface area contributed by atoms with E-state index < -0.39 is 5.97 Å². The minimum Gasteiger partial charge on any atom is -0.481 e. The van der Waals surface area contributed by atoms with Crippen molar-refractivity contribution in [3.05, 3.63) is 0 Å². The Kier molecular flexibility index (Phi) is 6.89. The average molecular weight is 224 g/mol. The van der Waals surface area contributed by atoms with E-state index in [4.69, 9.17) is 17.3 Å². The highest BCUT2D eigenvalue weighted by Crippen LogP contribution is 2.25. The van der Waals surface area contributed by atoms with Crippen molar-refractivity contribution in [3.8, 4) is 0 Å². The first-order valence-electron chi connectivity index (χ1n) is 3.56. The fourth-order valence-electron chi connectivity index (χ4n) is 0.292.